The average molecular weight is 421 g/mol. The molecule has 0 aliphatic heterocycles. The highest BCUT2D eigenvalue weighted by Gasteiger charge is 2.21. The molecule has 1 heterocycles. The number of ketones is 1. The van der Waals surface area contributed by atoms with E-state index in [0.29, 0.717) is 17.3 Å². The largest absolute Gasteiger partial charge is 0.382 e. The number of fused-ring (bicyclic) bond motifs is 1. The van der Waals surface area contributed by atoms with E-state index in [2.05, 4.69) is 51.7 Å². The van der Waals surface area contributed by atoms with Crippen LogP contribution in [0.15, 0.2) is 85.1 Å². The van der Waals surface area contributed by atoms with Gasteiger partial charge in [-0.15, -0.1) is 0 Å². The first kappa shape index (κ1) is 20.1. The molecule has 4 aromatic rings. The van der Waals surface area contributed by atoms with Gasteiger partial charge in [-0.25, -0.2) is 9.97 Å². The van der Waals surface area contributed by atoms with Crippen LogP contribution >= 0.6 is 0 Å². The third-order valence-electron chi connectivity index (χ3n) is 5.96. The Kier molecular flexibility index (Phi) is 5.48. The van der Waals surface area contributed by atoms with E-state index in [9.17, 15) is 4.79 Å². The summed E-state index contributed by atoms with van der Waals surface area (Å²) in [6, 6.07) is 26.2. The molecule has 1 aliphatic carbocycles. The molecule has 32 heavy (non-hydrogen) atoms. The van der Waals surface area contributed by atoms with E-state index in [4.69, 9.17) is 5.73 Å². The van der Waals surface area contributed by atoms with Crippen molar-refractivity contribution in [1.82, 2.24) is 15.3 Å². The van der Waals surface area contributed by atoms with Crippen LogP contribution in [0.1, 0.15) is 45.2 Å². The van der Waals surface area contributed by atoms with Gasteiger partial charge in [0.05, 0.1) is 11.9 Å². The Morgan fingerprint density at radius 3 is 2.69 bits per heavy atom. The SMILES string of the molecule is Nc1ncc(-c2cccc(CN[C@H]3CCc4ccccc43)c2)nc1C(=O)c1ccccc1. The van der Waals surface area contributed by atoms with Crippen LogP contribution in [0, 0.1) is 0 Å². The molecule has 0 bridgehead atoms. The van der Waals surface area contributed by atoms with Crippen molar-refractivity contribution in [3.63, 3.8) is 0 Å². The van der Waals surface area contributed by atoms with E-state index in [1.165, 1.54) is 11.1 Å². The number of nitrogen functional groups attached to an aromatic ring is 1. The monoisotopic (exact) mass is 420 g/mol. The minimum atomic E-state index is -0.227. The molecule has 0 spiro atoms. The minimum absolute atomic E-state index is 0.139. The summed E-state index contributed by atoms with van der Waals surface area (Å²) in [4.78, 5) is 21.7. The minimum Gasteiger partial charge on any atom is -0.382 e. The highest BCUT2D eigenvalue weighted by Crippen LogP contribution is 2.31. The van der Waals surface area contributed by atoms with E-state index in [1.807, 2.05) is 30.3 Å². The summed E-state index contributed by atoms with van der Waals surface area (Å²) >= 11 is 0. The van der Waals surface area contributed by atoms with Crippen LogP contribution in [0.5, 0.6) is 0 Å². The molecule has 0 unspecified atom stereocenters. The topological polar surface area (TPSA) is 80.9 Å². The van der Waals surface area contributed by atoms with Gasteiger partial charge in [0.25, 0.3) is 0 Å². The van der Waals surface area contributed by atoms with Crippen molar-refractivity contribution in [3.8, 4) is 11.3 Å². The number of aryl methyl sites for hydroxylation is 1. The number of nitrogens with two attached hydrogens (primary N) is 1. The van der Waals surface area contributed by atoms with Crippen molar-refractivity contribution in [2.45, 2.75) is 25.4 Å². The third-order valence-corrected chi connectivity index (χ3v) is 5.96. The van der Waals surface area contributed by atoms with Crippen LogP contribution < -0.4 is 11.1 Å². The van der Waals surface area contributed by atoms with Gasteiger partial charge in [-0.1, -0.05) is 72.8 Å². The van der Waals surface area contributed by atoms with Gasteiger partial charge in [0.2, 0.25) is 5.78 Å². The predicted octanol–water partition coefficient (Wildman–Crippen LogP) is 4.73. The Morgan fingerprint density at radius 1 is 1.00 bits per heavy atom. The standard InChI is InChI=1S/C27H24N4O/c28-27-25(26(32)20-9-2-1-3-10-20)31-24(17-30-27)21-11-6-7-18(15-21)16-29-23-14-13-19-8-4-5-12-22(19)23/h1-12,15,17,23,29H,13-14,16H2,(H2,28,30)/t23-/m0/s1. The molecule has 3 aromatic carbocycles. The maximum absolute atomic E-state index is 12.9. The van der Waals surface area contributed by atoms with E-state index in [1.54, 1.807) is 18.3 Å². The van der Waals surface area contributed by atoms with Gasteiger partial charge >= 0.3 is 0 Å². The van der Waals surface area contributed by atoms with E-state index in [0.717, 1.165) is 30.5 Å². The average Bonchev–Trinajstić information content (AvgIpc) is 3.26. The Hall–Kier alpha value is -3.83. The Labute approximate surface area is 187 Å². The van der Waals surface area contributed by atoms with Crippen molar-refractivity contribution < 1.29 is 4.79 Å². The van der Waals surface area contributed by atoms with Crippen molar-refractivity contribution in [2.24, 2.45) is 0 Å². The van der Waals surface area contributed by atoms with E-state index < -0.39 is 0 Å². The predicted molar refractivity (Wildman–Crippen MR) is 126 cm³/mol. The van der Waals surface area contributed by atoms with Crippen LogP contribution in [0.4, 0.5) is 5.82 Å². The molecule has 5 heteroatoms. The van der Waals surface area contributed by atoms with Gasteiger partial charge in [-0.05, 0) is 35.6 Å². The zero-order valence-corrected chi connectivity index (χ0v) is 17.7. The lowest BCUT2D eigenvalue weighted by Crippen LogP contribution is -2.18. The van der Waals surface area contributed by atoms with Crippen LogP contribution in [0.2, 0.25) is 0 Å². The molecular weight excluding hydrogens is 396 g/mol. The molecule has 1 aromatic heterocycles. The van der Waals surface area contributed by atoms with Gasteiger partial charge in [0.1, 0.15) is 0 Å². The smallest absolute Gasteiger partial charge is 0.215 e. The molecule has 0 saturated carbocycles. The first-order valence-corrected chi connectivity index (χ1v) is 10.8. The molecule has 158 valence electrons. The number of carbonyl (C=O) groups is 1. The highest BCUT2D eigenvalue weighted by molar-refractivity contribution is 6.10. The Balaban J connectivity index is 1.36. The normalized spacial score (nSPS) is 14.8. The number of aromatic nitrogens is 2. The van der Waals surface area contributed by atoms with Gasteiger partial charge in [0, 0.05) is 23.7 Å². The Bertz CT molecular complexity index is 1270. The van der Waals surface area contributed by atoms with Crippen molar-refractivity contribution in [1.29, 1.82) is 0 Å². The lowest BCUT2D eigenvalue weighted by Gasteiger charge is -2.14. The molecule has 5 nitrogen and oxygen atoms in total. The molecule has 3 N–H and O–H groups in total. The fourth-order valence-electron chi connectivity index (χ4n) is 4.28. The summed E-state index contributed by atoms with van der Waals surface area (Å²) in [6.45, 7) is 0.755. The van der Waals surface area contributed by atoms with Crippen LogP contribution in [-0.2, 0) is 13.0 Å². The molecule has 1 aliphatic rings. The molecule has 0 saturated heterocycles. The highest BCUT2D eigenvalue weighted by atomic mass is 16.1. The molecule has 1 atom stereocenters. The van der Waals surface area contributed by atoms with Gasteiger partial charge in [-0.2, -0.15) is 0 Å². The van der Waals surface area contributed by atoms with Crippen molar-refractivity contribution >= 4 is 11.6 Å². The Morgan fingerprint density at radius 2 is 1.81 bits per heavy atom. The van der Waals surface area contributed by atoms with Crippen LogP contribution in [0.3, 0.4) is 0 Å². The maximum Gasteiger partial charge on any atom is 0.215 e. The second-order valence-electron chi connectivity index (χ2n) is 8.06. The fraction of sp³-hybridized carbons (Fsp3) is 0.148. The summed E-state index contributed by atoms with van der Waals surface area (Å²) in [7, 11) is 0. The summed E-state index contributed by atoms with van der Waals surface area (Å²) in [5.74, 6) is -0.0875. The van der Waals surface area contributed by atoms with Gasteiger partial charge < -0.3 is 11.1 Å². The number of hydrogen-bond acceptors (Lipinski definition) is 5. The van der Waals surface area contributed by atoms with E-state index >= 15 is 0 Å². The summed E-state index contributed by atoms with van der Waals surface area (Å²) < 4.78 is 0. The zero-order chi connectivity index (χ0) is 21.9. The lowest BCUT2D eigenvalue weighted by molar-refractivity contribution is 0.103. The number of nitrogens with one attached hydrogen (secondary N) is 1. The first-order chi connectivity index (χ1) is 15.7. The molecule has 0 radical (unpaired) electrons. The van der Waals surface area contributed by atoms with Gasteiger partial charge in [0.15, 0.2) is 11.5 Å². The fourth-order valence-corrected chi connectivity index (χ4v) is 4.28. The zero-order valence-electron chi connectivity index (χ0n) is 17.7. The van der Waals surface area contributed by atoms with Crippen molar-refractivity contribution in [3.05, 3.63) is 113 Å². The second kappa shape index (κ2) is 8.73. The molecule has 5 rings (SSSR count). The van der Waals surface area contributed by atoms with Crippen LogP contribution in [0.25, 0.3) is 11.3 Å². The maximum atomic E-state index is 12.9. The molecule has 0 amide bonds. The number of nitrogens with zero attached hydrogens (tertiary/aromatic N) is 2. The van der Waals surface area contributed by atoms with Gasteiger partial charge in [-0.3, -0.25) is 4.79 Å². The molecule has 0 fully saturated rings. The quantitative estimate of drug-likeness (QED) is 0.441. The van der Waals surface area contributed by atoms with Crippen LogP contribution in [-0.4, -0.2) is 15.8 Å². The number of benzene rings is 3. The number of rotatable bonds is 6. The number of hydrogen-bond donors (Lipinski definition) is 2. The third kappa shape index (κ3) is 4.03. The lowest BCUT2D eigenvalue weighted by atomic mass is 10.1. The second-order valence-corrected chi connectivity index (χ2v) is 8.06. The summed E-state index contributed by atoms with van der Waals surface area (Å²) in [6.07, 6.45) is 3.86. The number of anilines is 1. The number of carbonyl (C=O) groups excluding carboxylic acids is 1. The first-order valence-electron chi connectivity index (χ1n) is 10.8. The summed E-state index contributed by atoms with van der Waals surface area (Å²) in [5, 5.41) is 3.68. The molecular formula is C27H24N4O. The van der Waals surface area contributed by atoms with Crippen molar-refractivity contribution in [2.75, 3.05) is 5.73 Å². The summed E-state index contributed by atoms with van der Waals surface area (Å²) in [5.41, 5.74) is 12.2. The van der Waals surface area contributed by atoms with E-state index in [-0.39, 0.29) is 17.3 Å².